The van der Waals surface area contributed by atoms with Crippen molar-refractivity contribution in [1.29, 1.82) is 0 Å². The number of aromatic nitrogens is 3. The number of aryl methyl sites for hydroxylation is 2. The van der Waals surface area contributed by atoms with E-state index in [1.54, 1.807) is 25.5 Å². The molecular weight excluding hydrogens is 350 g/mol. The molecule has 8 heteroatoms. The summed E-state index contributed by atoms with van der Waals surface area (Å²) in [6.07, 6.45) is 7.69. The largest absolute Gasteiger partial charge is 0.261 e. The third-order valence-corrected chi connectivity index (χ3v) is 5.49. The first-order valence-electron chi connectivity index (χ1n) is 7.98. The highest BCUT2D eigenvalue weighted by atomic mass is 32.3. The molecule has 0 bridgehead atoms. The lowest BCUT2D eigenvalue weighted by molar-refractivity contribution is 0.223. The number of anilines is 1. The smallest absolute Gasteiger partial charge is 0.179 e. The Bertz CT molecular complexity index is 606. The van der Waals surface area contributed by atoms with E-state index in [0.29, 0.717) is 17.2 Å². The van der Waals surface area contributed by atoms with Crippen LogP contribution in [-0.2, 0) is 7.05 Å². The van der Waals surface area contributed by atoms with E-state index in [9.17, 15) is 7.77 Å². The van der Waals surface area contributed by atoms with Crippen molar-refractivity contribution in [1.82, 2.24) is 14.8 Å². The first kappa shape index (κ1) is 19.3. The topological polar surface area (TPSA) is 34.0 Å². The average Bonchev–Trinajstić information content (AvgIpc) is 2.61. The van der Waals surface area contributed by atoms with Crippen LogP contribution in [0.1, 0.15) is 56.7 Å². The summed E-state index contributed by atoms with van der Waals surface area (Å²) in [5, 5.41) is 4.22. The Labute approximate surface area is 151 Å². The lowest BCUT2D eigenvalue weighted by atomic mass is 9.72. The molecule has 1 heterocycles. The summed E-state index contributed by atoms with van der Waals surface area (Å²) in [5.74, 6) is 0.609. The van der Waals surface area contributed by atoms with E-state index >= 15 is 0 Å². The van der Waals surface area contributed by atoms with Crippen molar-refractivity contribution in [2.45, 2.75) is 52.4 Å². The van der Waals surface area contributed by atoms with Gasteiger partial charge in [0, 0.05) is 30.9 Å². The van der Waals surface area contributed by atoms with E-state index in [1.165, 1.54) is 4.68 Å². The number of hydrogen-bond acceptors (Lipinski definition) is 5. The van der Waals surface area contributed by atoms with E-state index in [2.05, 4.69) is 23.9 Å². The van der Waals surface area contributed by atoms with Crippen LogP contribution in [0, 0.1) is 12.3 Å². The summed E-state index contributed by atoms with van der Waals surface area (Å²) in [4.78, 5) is 4.60. The van der Waals surface area contributed by atoms with Crippen LogP contribution in [0.4, 0.5) is 13.6 Å². The Morgan fingerprint density at radius 3 is 2.42 bits per heavy atom. The first-order chi connectivity index (χ1) is 11.4. The van der Waals surface area contributed by atoms with Crippen molar-refractivity contribution in [2.24, 2.45) is 12.5 Å². The van der Waals surface area contributed by atoms with Crippen LogP contribution in [0.15, 0.2) is 18.5 Å². The molecule has 1 aliphatic carbocycles. The molecule has 0 saturated heterocycles. The highest BCUT2D eigenvalue weighted by molar-refractivity contribution is 8.13. The zero-order valence-electron chi connectivity index (χ0n) is 14.5. The molecule has 4 nitrogen and oxygen atoms in total. The van der Waals surface area contributed by atoms with E-state index in [-0.39, 0.29) is 24.7 Å². The highest BCUT2D eigenvalue weighted by Crippen LogP contribution is 2.42. The van der Waals surface area contributed by atoms with Crippen LogP contribution >= 0.6 is 24.7 Å². The zero-order valence-corrected chi connectivity index (χ0v) is 16.1. The Morgan fingerprint density at radius 2 is 1.83 bits per heavy atom. The Hall–Kier alpha value is -1.02. The molecule has 1 saturated carbocycles. The predicted molar refractivity (Wildman–Crippen MR) is 98.2 cm³/mol. The third kappa shape index (κ3) is 4.99. The molecule has 1 aliphatic rings. The number of rotatable bonds is 4. The molecule has 0 radical (unpaired) electrons. The maximum Gasteiger partial charge on any atom is 0.179 e. The van der Waals surface area contributed by atoms with Crippen LogP contribution in [0.2, 0.25) is 0 Å². The van der Waals surface area contributed by atoms with Gasteiger partial charge in [0.2, 0.25) is 0 Å². The van der Waals surface area contributed by atoms with E-state index in [4.69, 9.17) is 0 Å². The minimum Gasteiger partial charge on any atom is -0.261 e. The monoisotopic (exact) mass is 374 g/mol. The molecule has 0 aliphatic heterocycles. The molecule has 1 aromatic rings. The van der Waals surface area contributed by atoms with Gasteiger partial charge in [0.1, 0.15) is 0 Å². The molecule has 1 fully saturated rings. The zero-order chi connectivity index (χ0) is 17.7. The molecule has 0 atom stereocenters. The van der Waals surface area contributed by atoms with Crippen molar-refractivity contribution in [3.8, 4) is 0 Å². The second-order valence-corrected chi connectivity index (χ2v) is 8.27. The SMILES string of the molecule is Cc1cnc(C2CCC(C)(C)CC2)cc(N(SF)SF)n(C)nc1. The standard InChI is InChI=1S/C16H24F2N4S2/c1-12-10-19-14(13-5-7-16(2,3)8-6-13)9-15(21(4)20-11-12)22(23-17)24-18/h9-11,13H,5-8H2,1-4H3. The summed E-state index contributed by atoms with van der Waals surface area (Å²) < 4.78 is 28.5. The van der Waals surface area contributed by atoms with Crippen molar-refractivity contribution in [3.63, 3.8) is 0 Å². The lowest BCUT2D eigenvalue weighted by Gasteiger charge is -2.34. The first-order valence-corrected chi connectivity index (χ1v) is 9.32. The van der Waals surface area contributed by atoms with Crippen molar-refractivity contribution < 1.29 is 7.77 Å². The molecule has 0 N–H and O–H groups in total. The van der Waals surface area contributed by atoms with Crippen LogP contribution < -0.4 is 3.71 Å². The summed E-state index contributed by atoms with van der Waals surface area (Å²) >= 11 is -0.365. The average molecular weight is 375 g/mol. The van der Waals surface area contributed by atoms with Gasteiger partial charge in [-0.1, -0.05) is 13.8 Å². The molecule has 2 rings (SSSR count). The van der Waals surface area contributed by atoms with Gasteiger partial charge in [-0.3, -0.25) is 9.67 Å². The van der Waals surface area contributed by atoms with Crippen molar-refractivity contribution in [3.05, 3.63) is 29.7 Å². The van der Waals surface area contributed by atoms with Crippen LogP contribution in [0.3, 0.4) is 0 Å². The molecule has 0 aromatic carbocycles. The van der Waals surface area contributed by atoms with Gasteiger partial charge in [-0.05, 0) is 43.6 Å². The maximum absolute atomic E-state index is 13.1. The molecule has 0 amide bonds. The normalized spacial score (nSPS) is 17.4. The van der Waals surface area contributed by atoms with E-state index in [1.807, 2.05) is 6.92 Å². The van der Waals surface area contributed by atoms with Gasteiger partial charge in [0.25, 0.3) is 0 Å². The molecular formula is C16H24F2N4S2. The fourth-order valence-corrected chi connectivity index (χ4v) is 3.45. The van der Waals surface area contributed by atoms with Gasteiger partial charge in [-0.15, -0.1) is 7.77 Å². The molecule has 24 heavy (non-hydrogen) atoms. The molecule has 1 aromatic heterocycles. The fourth-order valence-electron chi connectivity index (χ4n) is 2.88. The fraction of sp³-hybridized carbons (Fsp3) is 0.625. The Morgan fingerprint density at radius 1 is 1.21 bits per heavy atom. The number of hydrogen-bond donors (Lipinski definition) is 0. The van der Waals surface area contributed by atoms with Gasteiger partial charge in [-0.2, -0.15) is 8.81 Å². The second kappa shape index (κ2) is 8.38. The maximum atomic E-state index is 13.1. The number of nitrogens with zero attached hydrogens (tertiary/aromatic N) is 4. The summed E-state index contributed by atoms with van der Waals surface area (Å²) in [7, 11) is 1.67. The minimum absolute atomic E-state index is 0.182. The van der Waals surface area contributed by atoms with E-state index < -0.39 is 0 Å². The summed E-state index contributed by atoms with van der Waals surface area (Å²) in [5.41, 5.74) is 2.09. The Kier molecular flexibility index (Phi) is 6.74. The minimum atomic E-state index is -0.182. The van der Waals surface area contributed by atoms with Gasteiger partial charge in [-0.25, -0.2) is 0 Å². The van der Waals surface area contributed by atoms with Crippen LogP contribution in [-0.4, -0.2) is 14.8 Å². The lowest BCUT2D eigenvalue weighted by Crippen LogP contribution is -2.20. The van der Waals surface area contributed by atoms with Crippen LogP contribution in [0.25, 0.3) is 0 Å². The highest BCUT2D eigenvalue weighted by Gasteiger charge is 2.28. The summed E-state index contributed by atoms with van der Waals surface area (Å²) in [6.45, 7) is 6.46. The quantitative estimate of drug-likeness (QED) is 0.622. The molecule has 134 valence electrons. The van der Waals surface area contributed by atoms with E-state index in [0.717, 1.165) is 40.7 Å². The molecule has 0 unspecified atom stereocenters. The molecule has 0 spiro atoms. The summed E-state index contributed by atoms with van der Waals surface area (Å²) in [6, 6.07) is 1.74. The van der Waals surface area contributed by atoms with Gasteiger partial charge >= 0.3 is 0 Å². The van der Waals surface area contributed by atoms with Gasteiger partial charge in [0.15, 0.2) is 30.5 Å². The van der Waals surface area contributed by atoms with Gasteiger partial charge in [0.05, 0.1) is 6.20 Å². The van der Waals surface area contributed by atoms with Crippen molar-refractivity contribution >= 4 is 30.5 Å². The Balaban J connectivity index is 2.50. The third-order valence-electron chi connectivity index (χ3n) is 4.53. The van der Waals surface area contributed by atoms with Gasteiger partial charge < -0.3 is 0 Å². The predicted octanol–water partition coefficient (Wildman–Crippen LogP) is 5.80. The second-order valence-electron chi connectivity index (χ2n) is 7.03. The van der Waals surface area contributed by atoms with Crippen LogP contribution in [0.5, 0.6) is 0 Å². The van der Waals surface area contributed by atoms with Crippen molar-refractivity contribution in [2.75, 3.05) is 3.71 Å². The number of halogens is 2.